The minimum Gasteiger partial charge on any atom is -0.291 e. The fourth-order valence-electron chi connectivity index (χ4n) is 3.61. The number of nitrogens with zero attached hydrogens (tertiary/aromatic N) is 2. The lowest BCUT2D eigenvalue weighted by atomic mass is 9.68. The quantitative estimate of drug-likeness (QED) is 0.767. The summed E-state index contributed by atoms with van der Waals surface area (Å²) in [5, 5.41) is 9.36. The summed E-state index contributed by atoms with van der Waals surface area (Å²) in [5.41, 5.74) is 2.27. The van der Waals surface area contributed by atoms with Crippen LogP contribution in [0, 0.1) is 0 Å². The van der Waals surface area contributed by atoms with E-state index in [2.05, 4.69) is 10.2 Å². The summed E-state index contributed by atoms with van der Waals surface area (Å²) in [6.45, 7) is 0.565. The molecule has 0 aromatic heterocycles. The van der Waals surface area contributed by atoms with Crippen molar-refractivity contribution in [3.05, 3.63) is 70.2 Å². The van der Waals surface area contributed by atoms with E-state index in [1.54, 1.807) is 0 Å². The van der Waals surface area contributed by atoms with Crippen LogP contribution in [0.1, 0.15) is 33.8 Å². The Balaban J connectivity index is 1.78. The molecule has 0 amide bonds. The van der Waals surface area contributed by atoms with Crippen molar-refractivity contribution >= 4 is 17.4 Å². The molecule has 4 heteroatoms. The molecule has 1 aliphatic heterocycles. The van der Waals surface area contributed by atoms with Gasteiger partial charge in [0.25, 0.3) is 0 Å². The van der Waals surface area contributed by atoms with Crippen molar-refractivity contribution < 1.29 is 4.79 Å². The van der Waals surface area contributed by atoms with Crippen LogP contribution in [0.2, 0.25) is 5.02 Å². The van der Waals surface area contributed by atoms with Gasteiger partial charge in [0.15, 0.2) is 11.3 Å². The molecule has 0 unspecified atom stereocenters. The van der Waals surface area contributed by atoms with E-state index >= 15 is 0 Å². The molecule has 0 radical (unpaired) electrons. The molecule has 1 spiro atoms. The molecule has 2 aromatic carbocycles. The average Bonchev–Trinajstić information content (AvgIpc) is 2.97. The summed E-state index contributed by atoms with van der Waals surface area (Å²) in [4.78, 5) is 13.1. The zero-order valence-corrected chi connectivity index (χ0v) is 12.8. The second-order valence-corrected chi connectivity index (χ2v) is 6.38. The van der Waals surface area contributed by atoms with Gasteiger partial charge in [-0.2, -0.15) is 10.2 Å². The lowest BCUT2D eigenvalue weighted by Gasteiger charge is -2.34. The molecule has 2 atom stereocenters. The number of hydrogen-bond acceptors (Lipinski definition) is 3. The van der Waals surface area contributed by atoms with Gasteiger partial charge in [-0.1, -0.05) is 48.0 Å². The topological polar surface area (TPSA) is 41.8 Å². The van der Waals surface area contributed by atoms with Crippen LogP contribution in [0.4, 0.5) is 0 Å². The standard InChI is InChI=1S/C18H15ClN2O/c19-14-7-5-13(6-8-14)16-11-20-21-18(16)10-9-12-3-1-2-4-15(12)17(18)22/h1-8,16H,9-11H2/t16-,18-/m0/s1. The van der Waals surface area contributed by atoms with E-state index in [0.29, 0.717) is 11.6 Å². The first-order chi connectivity index (χ1) is 10.7. The number of halogens is 1. The number of ketones is 1. The first kappa shape index (κ1) is 13.6. The Morgan fingerprint density at radius 1 is 1.09 bits per heavy atom. The largest absolute Gasteiger partial charge is 0.291 e. The summed E-state index contributed by atoms with van der Waals surface area (Å²) >= 11 is 5.98. The first-order valence-corrected chi connectivity index (χ1v) is 7.85. The molecule has 22 heavy (non-hydrogen) atoms. The van der Waals surface area contributed by atoms with Crippen molar-refractivity contribution in [3.63, 3.8) is 0 Å². The van der Waals surface area contributed by atoms with Crippen LogP contribution >= 0.6 is 11.6 Å². The summed E-state index contributed by atoms with van der Waals surface area (Å²) < 4.78 is 0. The smallest absolute Gasteiger partial charge is 0.193 e. The van der Waals surface area contributed by atoms with Crippen molar-refractivity contribution in [2.75, 3.05) is 6.54 Å². The maximum atomic E-state index is 13.1. The molecule has 0 N–H and O–H groups in total. The van der Waals surface area contributed by atoms with Gasteiger partial charge in [0.05, 0.1) is 6.54 Å². The number of fused-ring (bicyclic) bond motifs is 1. The molecule has 2 aromatic rings. The minimum absolute atomic E-state index is 0.00521. The van der Waals surface area contributed by atoms with Gasteiger partial charge in [-0.15, -0.1) is 0 Å². The summed E-state index contributed by atoms with van der Waals surface area (Å²) in [7, 11) is 0. The molecular weight excluding hydrogens is 296 g/mol. The van der Waals surface area contributed by atoms with Gasteiger partial charge in [0.2, 0.25) is 0 Å². The summed E-state index contributed by atoms with van der Waals surface area (Å²) in [6, 6.07) is 15.5. The third-order valence-corrected chi connectivity index (χ3v) is 5.04. The molecule has 110 valence electrons. The monoisotopic (exact) mass is 310 g/mol. The minimum atomic E-state index is -0.734. The molecule has 0 saturated heterocycles. The van der Waals surface area contributed by atoms with Crippen molar-refractivity contribution in [3.8, 4) is 0 Å². The highest BCUT2D eigenvalue weighted by molar-refractivity contribution is 6.30. The number of azo groups is 1. The zero-order valence-electron chi connectivity index (χ0n) is 12.0. The van der Waals surface area contributed by atoms with Crippen LogP contribution in [0.25, 0.3) is 0 Å². The molecule has 2 aliphatic rings. The van der Waals surface area contributed by atoms with Gasteiger partial charge < -0.3 is 0 Å². The van der Waals surface area contributed by atoms with E-state index in [1.807, 2.05) is 48.5 Å². The molecule has 0 saturated carbocycles. The van der Waals surface area contributed by atoms with E-state index in [4.69, 9.17) is 11.6 Å². The molecular formula is C18H15ClN2O. The van der Waals surface area contributed by atoms with Gasteiger partial charge >= 0.3 is 0 Å². The van der Waals surface area contributed by atoms with E-state index in [0.717, 1.165) is 29.5 Å². The van der Waals surface area contributed by atoms with Gasteiger partial charge in [0, 0.05) is 16.5 Å². The number of carbonyl (C=O) groups is 1. The first-order valence-electron chi connectivity index (χ1n) is 7.47. The fourth-order valence-corrected chi connectivity index (χ4v) is 3.73. The number of carbonyl (C=O) groups excluding carboxylic acids is 1. The molecule has 0 fully saturated rings. The fraction of sp³-hybridized carbons (Fsp3) is 0.278. The number of benzene rings is 2. The average molecular weight is 311 g/mol. The van der Waals surface area contributed by atoms with E-state index in [1.165, 1.54) is 0 Å². The van der Waals surface area contributed by atoms with E-state index in [-0.39, 0.29) is 11.7 Å². The number of Topliss-reactive ketones (excluding diaryl/α,β-unsaturated/α-hetero) is 1. The highest BCUT2D eigenvalue weighted by Gasteiger charge is 2.51. The van der Waals surface area contributed by atoms with E-state index in [9.17, 15) is 4.79 Å². The zero-order chi connectivity index (χ0) is 15.2. The van der Waals surface area contributed by atoms with Crippen molar-refractivity contribution in [2.45, 2.75) is 24.3 Å². The third-order valence-electron chi connectivity index (χ3n) is 4.79. The normalized spacial score (nSPS) is 26.4. The Morgan fingerprint density at radius 2 is 1.86 bits per heavy atom. The maximum Gasteiger partial charge on any atom is 0.193 e. The van der Waals surface area contributed by atoms with Crippen LogP contribution in [-0.2, 0) is 6.42 Å². The molecule has 1 heterocycles. The lowest BCUT2D eigenvalue weighted by molar-refractivity contribution is 0.0853. The number of rotatable bonds is 1. The number of aryl methyl sites for hydroxylation is 1. The highest BCUT2D eigenvalue weighted by atomic mass is 35.5. The van der Waals surface area contributed by atoms with Gasteiger partial charge in [-0.25, -0.2) is 0 Å². The molecule has 4 rings (SSSR count). The molecule has 0 bridgehead atoms. The Kier molecular flexibility index (Phi) is 3.12. The molecule has 1 aliphatic carbocycles. The lowest BCUT2D eigenvalue weighted by Crippen LogP contribution is -2.44. The maximum absolute atomic E-state index is 13.1. The van der Waals surface area contributed by atoms with Gasteiger partial charge in [-0.05, 0) is 36.1 Å². The van der Waals surface area contributed by atoms with Crippen LogP contribution in [0.3, 0.4) is 0 Å². The van der Waals surface area contributed by atoms with Crippen LogP contribution in [0.15, 0.2) is 58.8 Å². The van der Waals surface area contributed by atoms with Crippen LogP contribution < -0.4 is 0 Å². The van der Waals surface area contributed by atoms with Crippen molar-refractivity contribution in [1.29, 1.82) is 0 Å². The Hall–Kier alpha value is -2.00. The van der Waals surface area contributed by atoms with Gasteiger partial charge in [0.1, 0.15) is 0 Å². The Morgan fingerprint density at radius 3 is 2.68 bits per heavy atom. The second-order valence-electron chi connectivity index (χ2n) is 5.94. The highest BCUT2D eigenvalue weighted by Crippen LogP contribution is 2.45. The summed E-state index contributed by atoms with van der Waals surface area (Å²) in [5.74, 6) is 0.112. The van der Waals surface area contributed by atoms with Crippen LogP contribution in [-0.4, -0.2) is 17.9 Å². The molecule has 3 nitrogen and oxygen atoms in total. The van der Waals surface area contributed by atoms with Crippen molar-refractivity contribution in [2.24, 2.45) is 10.2 Å². The van der Waals surface area contributed by atoms with Crippen LogP contribution in [0.5, 0.6) is 0 Å². The van der Waals surface area contributed by atoms with Gasteiger partial charge in [-0.3, -0.25) is 4.79 Å². The third kappa shape index (κ3) is 1.92. The Labute approximate surface area is 134 Å². The summed E-state index contributed by atoms with van der Waals surface area (Å²) in [6.07, 6.45) is 1.59. The predicted octanol–water partition coefficient (Wildman–Crippen LogP) is 4.46. The van der Waals surface area contributed by atoms with Crippen molar-refractivity contribution in [1.82, 2.24) is 0 Å². The second kappa shape index (κ2) is 5.03. The predicted molar refractivity (Wildman–Crippen MR) is 85.7 cm³/mol. The van der Waals surface area contributed by atoms with E-state index < -0.39 is 5.54 Å². The number of hydrogen-bond donors (Lipinski definition) is 0. The SMILES string of the molecule is O=C1c2ccccc2CC[C@@]12N=NC[C@H]2c1ccc(Cl)cc1. The Bertz CT molecular complexity index is 769.